The van der Waals surface area contributed by atoms with Gasteiger partial charge in [-0.15, -0.1) is 0 Å². The zero-order valence-corrected chi connectivity index (χ0v) is 23.1. The van der Waals surface area contributed by atoms with E-state index < -0.39 is 0 Å². The number of rotatable bonds is 3. The van der Waals surface area contributed by atoms with Crippen molar-refractivity contribution in [1.82, 2.24) is 25.1 Å². The first-order valence-electron chi connectivity index (χ1n) is 14.5. The first-order valence-corrected chi connectivity index (χ1v) is 14.5. The molecule has 0 saturated heterocycles. The zero-order chi connectivity index (χ0) is 28.2. The molecule has 0 radical (unpaired) electrons. The Morgan fingerprint density at radius 1 is 1.02 bits per heavy atom. The Balaban J connectivity index is 1.39. The minimum atomic E-state index is -0.232. The number of benzene rings is 1. The fraction of sp³-hybridized carbons (Fsp3) is 0.344. The molecular formula is C32H35N7O2. The highest BCUT2D eigenvalue weighted by Crippen LogP contribution is 2.38. The number of amides is 2. The average Bonchev–Trinajstić information content (AvgIpc) is 3.40. The number of nitrogen functional groups attached to an aromatic ring is 1. The Morgan fingerprint density at radius 3 is 2.73 bits per heavy atom. The van der Waals surface area contributed by atoms with E-state index in [2.05, 4.69) is 37.4 Å². The quantitative estimate of drug-likeness (QED) is 0.286. The molecule has 1 fully saturated rings. The van der Waals surface area contributed by atoms with Gasteiger partial charge in [-0.2, -0.15) is 5.10 Å². The first kappa shape index (κ1) is 26.7. The molecule has 0 unspecified atom stereocenters. The van der Waals surface area contributed by atoms with Crippen molar-refractivity contribution in [3.05, 3.63) is 78.1 Å². The molecule has 9 heteroatoms. The maximum atomic E-state index is 12.8. The van der Waals surface area contributed by atoms with E-state index in [0.717, 1.165) is 79.1 Å². The molecular weight excluding hydrogens is 514 g/mol. The third-order valence-corrected chi connectivity index (χ3v) is 8.04. The van der Waals surface area contributed by atoms with Gasteiger partial charge in [0.1, 0.15) is 17.3 Å². The normalized spacial score (nSPS) is 20.4. The van der Waals surface area contributed by atoms with Crippen LogP contribution >= 0.6 is 0 Å². The maximum Gasteiger partial charge on any atom is 0.256 e. The number of hydrogen-bond donors (Lipinski definition) is 3. The highest BCUT2D eigenvalue weighted by Gasteiger charge is 2.29. The fourth-order valence-electron chi connectivity index (χ4n) is 5.97. The van der Waals surface area contributed by atoms with Crippen LogP contribution in [0.15, 0.2) is 67.0 Å². The van der Waals surface area contributed by atoms with Crippen LogP contribution in [-0.2, 0) is 11.2 Å². The molecule has 4 N–H and O–H groups in total. The number of hydrogen-bond acceptors (Lipinski definition) is 6. The Morgan fingerprint density at radius 2 is 1.90 bits per heavy atom. The second-order valence-electron chi connectivity index (χ2n) is 10.9. The largest absolute Gasteiger partial charge is 0.383 e. The highest BCUT2D eigenvalue weighted by molar-refractivity contribution is 6.05. The SMILES string of the molecule is Nc1ncc2c3c1c(-c1ccc(C(=O)Nc4ccccn4)cc1)nn3[C@@H]1CCC[C@H](C1)NC(=O)CCCC/C=C\C2. The molecule has 210 valence electrons. The number of allylic oxidation sites excluding steroid dienone is 2. The molecule has 2 amide bonds. The number of anilines is 2. The Kier molecular flexibility index (Phi) is 7.75. The van der Waals surface area contributed by atoms with Crippen LogP contribution in [0.1, 0.15) is 73.3 Å². The molecule has 4 heterocycles. The lowest BCUT2D eigenvalue weighted by molar-refractivity contribution is -0.122. The molecule has 0 spiro atoms. The van der Waals surface area contributed by atoms with E-state index in [0.29, 0.717) is 23.6 Å². The van der Waals surface area contributed by atoms with E-state index in [1.165, 1.54) is 0 Å². The molecule has 3 aromatic heterocycles. The van der Waals surface area contributed by atoms with E-state index in [9.17, 15) is 9.59 Å². The van der Waals surface area contributed by atoms with Gasteiger partial charge in [0.15, 0.2) is 0 Å². The summed E-state index contributed by atoms with van der Waals surface area (Å²) in [5, 5.41) is 12.1. The number of fused-ring (bicyclic) bond motifs is 3. The van der Waals surface area contributed by atoms with Gasteiger partial charge < -0.3 is 16.4 Å². The van der Waals surface area contributed by atoms with Crippen molar-refractivity contribution in [2.75, 3.05) is 11.1 Å². The fourth-order valence-corrected chi connectivity index (χ4v) is 5.97. The molecule has 2 aliphatic rings. The van der Waals surface area contributed by atoms with Crippen LogP contribution in [0.2, 0.25) is 0 Å². The van der Waals surface area contributed by atoms with E-state index in [1.54, 1.807) is 30.5 Å². The molecule has 9 nitrogen and oxygen atoms in total. The zero-order valence-electron chi connectivity index (χ0n) is 23.1. The van der Waals surface area contributed by atoms with Crippen LogP contribution in [0.3, 0.4) is 0 Å². The number of carbonyl (C=O) groups is 2. The van der Waals surface area contributed by atoms with E-state index in [-0.39, 0.29) is 23.9 Å². The number of carbonyl (C=O) groups excluding carboxylic acids is 2. The number of nitrogens with two attached hydrogens (primary N) is 1. The molecule has 2 atom stereocenters. The van der Waals surface area contributed by atoms with Gasteiger partial charge in [-0.25, -0.2) is 9.97 Å². The van der Waals surface area contributed by atoms with Crippen molar-refractivity contribution in [2.45, 2.75) is 69.9 Å². The van der Waals surface area contributed by atoms with Crippen molar-refractivity contribution in [3.8, 4) is 11.3 Å². The summed E-state index contributed by atoms with van der Waals surface area (Å²) < 4.78 is 2.13. The number of nitrogens with one attached hydrogen (secondary N) is 2. The lowest BCUT2D eigenvalue weighted by atomic mass is 9.90. The average molecular weight is 550 g/mol. The topological polar surface area (TPSA) is 128 Å². The maximum absolute atomic E-state index is 12.8. The summed E-state index contributed by atoms with van der Waals surface area (Å²) >= 11 is 0. The van der Waals surface area contributed by atoms with Crippen molar-refractivity contribution in [3.63, 3.8) is 0 Å². The van der Waals surface area contributed by atoms with E-state index >= 15 is 0 Å². The van der Waals surface area contributed by atoms with Gasteiger partial charge in [0, 0.05) is 41.5 Å². The van der Waals surface area contributed by atoms with E-state index in [4.69, 9.17) is 10.8 Å². The molecule has 2 bridgehead atoms. The van der Waals surface area contributed by atoms with E-state index in [1.807, 2.05) is 24.4 Å². The minimum absolute atomic E-state index is 0.128. The smallest absolute Gasteiger partial charge is 0.256 e. The summed E-state index contributed by atoms with van der Waals surface area (Å²) in [5.74, 6) is 0.843. The molecule has 4 aromatic rings. The monoisotopic (exact) mass is 549 g/mol. The first-order chi connectivity index (χ1) is 20.1. The lowest BCUT2D eigenvalue weighted by Crippen LogP contribution is -2.39. The number of pyridine rings is 2. The summed E-state index contributed by atoms with van der Waals surface area (Å²) in [7, 11) is 0. The van der Waals surface area contributed by atoms with Crippen molar-refractivity contribution >= 4 is 34.4 Å². The predicted octanol–water partition coefficient (Wildman–Crippen LogP) is 5.60. The van der Waals surface area contributed by atoms with Gasteiger partial charge in [-0.3, -0.25) is 14.3 Å². The Bertz CT molecular complexity index is 1580. The summed E-state index contributed by atoms with van der Waals surface area (Å²) in [6.45, 7) is 0. The second-order valence-corrected chi connectivity index (χ2v) is 10.9. The van der Waals surface area contributed by atoms with Gasteiger partial charge in [0.2, 0.25) is 5.91 Å². The Labute approximate surface area is 239 Å². The highest BCUT2D eigenvalue weighted by atomic mass is 16.2. The van der Waals surface area contributed by atoms with Crippen LogP contribution in [-0.4, -0.2) is 37.6 Å². The summed E-state index contributed by atoms with van der Waals surface area (Å²) in [4.78, 5) is 34.2. The van der Waals surface area contributed by atoms with Crippen LogP contribution in [0.4, 0.5) is 11.6 Å². The van der Waals surface area contributed by atoms with Crippen LogP contribution in [0.25, 0.3) is 22.2 Å². The van der Waals surface area contributed by atoms with Crippen molar-refractivity contribution in [1.29, 1.82) is 0 Å². The van der Waals surface area contributed by atoms with Gasteiger partial charge in [0.05, 0.1) is 16.9 Å². The molecule has 1 aliphatic heterocycles. The van der Waals surface area contributed by atoms with Crippen LogP contribution in [0.5, 0.6) is 0 Å². The minimum Gasteiger partial charge on any atom is -0.383 e. The second kappa shape index (κ2) is 11.9. The third-order valence-electron chi connectivity index (χ3n) is 8.04. The summed E-state index contributed by atoms with van der Waals surface area (Å²) in [6, 6.07) is 13.0. The molecule has 1 aliphatic carbocycles. The van der Waals surface area contributed by atoms with Crippen LogP contribution < -0.4 is 16.4 Å². The third kappa shape index (κ3) is 5.84. The number of aromatic nitrogens is 4. The molecule has 41 heavy (non-hydrogen) atoms. The van der Waals surface area contributed by atoms with Gasteiger partial charge in [-0.1, -0.05) is 30.4 Å². The Hall–Kier alpha value is -4.53. The summed E-state index contributed by atoms with van der Waals surface area (Å²) in [5.41, 5.74) is 10.7. The molecule has 1 saturated carbocycles. The number of nitrogens with zero attached hydrogens (tertiary/aromatic N) is 4. The van der Waals surface area contributed by atoms with Crippen LogP contribution in [0, 0.1) is 0 Å². The lowest BCUT2D eigenvalue weighted by Gasteiger charge is -2.30. The predicted molar refractivity (Wildman–Crippen MR) is 160 cm³/mol. The van der Waals surface area contributed by atoms with Gasteiger partial charge in [0.25, 0.3) is 5.91 Å². The van der Waals surface area contributed by atoms with Crippen molar-refractivity contribution in [2.24, 2.45) is 0 Å². The standard InChI is InChI=1S/C32H35N7O2/c33-31-28-29(21-14-16-22(17-15-21)32(41)37-26-12-6-7-18-34-26)38-39-25-11-8-10-24(19-25)36-27(40)13-5-3-1-2-4-9-23(20-35-31)30(28)39/h2,4,6-7,12,14-18,20,24-25H,1,3,5,8-11,13,19H2,(H2,33,35)(H,36,40)(H,34,37,41)/b4-2-/t24-,25-/m1/s1. The molecule has 6 rings (SSSR count). The molecule has 1 aromatic carbocycles. The van der Waals surface area contributed by atoms with Crippen molar-refractivity contribution < 1.29 is 9.59 Å². The van der Waals surface area contributed by atoms with Gasteiger partial charge >= 0.3 is 0 Å². The summed E-state index contributed by atoms with van der Waals surface area (Å²) in [6.07, 6.45) is 15.8. The van der Waals surface area contributed by atoms with Gasteiger partial charge in [-0.05, 0) is 75.6 Å².